The van der Waals surface area contributed by atoms with Gasteiger partial charge in [-0.15, -0.1) is 0 Å². The molecule has 4 rings (SSSR count). The highest BCUT2D eigenvalue weighted by Crippen LogP contribution is 2.40. The maximum atomic E-state index is 14.0. The Labute approximate surface area is 161 Å². The summed E-state index contributed by atoms with van der Waals surface area (Å²) in [5.74, 6) is 1.16. The molecule has 1 aliphatic rings. The van der Waals surface area contributed by atoms with Crippen molar-refractivity contribution in [3.63, 3.8) is 0 Å². The lowest BCUT2D eigenvalue weighted by Gasteiger charge is -2.15. The largest absolute Gasteiger partial charge is 0.347 e. The Morgan fingerprint density at radius 2 is 1.86 bits per heavy atom. The van der Waals surface area contributed by atoms with Crippen LogP contribution in [-0.4, -0.2) is 24.7 Å². The zero-order valence-corrected chi connectivity index (χ0v) is 15.9. The van der Waals surface area contributed by atoms with E-state index in [0.29, 0.717) is 35.0 Å². The van der Waals surface area contributed by atoms with Crippen molar-refractivity contribution >= 4 is 17.7 Å². The maximum absolute atomic E-state index is 14.0. The Morgan fingerprint density at radius 1 is 1.11 bits per heavy atom. The van der Waals surface area contributed by atoms with Crippen molar-refractivity contribution in [2.24, 2.45) is 7.05 Å². The van der Waals surface area contributed by atoms with E-state index in [1.807, 2.05) is 17.8 Å². The van der Waals surface area contributed by atoms with Crippen molar-refractivity contribution < 1.29 is 8.78 Å². The monoisotopic (exact) mass is 385 g/mol. The second-order valence-corrected chi connectivity index (χ2v) is 7.04. The van der Waals surface area contributed by atoms with Gasteiger partial charge in [0.25, 0.3) is 0 Å². The lowest BCUT2D eigenvalue weighted by atomic mass is 10.1. The predicted octanol–water partition coefficient (Wildman–Crippen LogP) is 3.99. The molecule has 0 radical (unpaired) electrons. The molecular weight excluding hydrogens is 364 g/mol. The van der Waals surface area contributed by atoms with Crippen molar-refractivity contribution in [3.05, 3.63) is 53.0 Å². The van der Waals surface area contributed by atoms with Gasteiger partial charge in [0.05, 0.1) is 6.04 Å². The zero-order valence-electron chi connectivity index (χ0n) is 15.9. The molecule has 2 heterocycles. The van der Waals surface area contributed by atoms with E-state index in [0.717, 1.165) is 6.07 Å². The number of halogens is 2. The van der Waals surface area contributed by atoms with Crippen molar-refractivity contribution in [3.8, 4) is 0 Å². The maximum Gasteiger partial charge on any atom is 0.233 e. The van der Waals surface area contributed by atoms with Crippen LogP contribution in [0.4, 0.5) is 26.5 Å². The molecule has 1 fully saturated rings. The van der Waals surface area contributed by atoms with Gasteiger partial charge < -0.3 is 10.6 Å². The van der Waals surface area contributed by atoms with E-state index in [1.54, 1.807) is 13.8 Å². The quantitative estimate of drug-likeness (QED) is 0.668. The number of benzene rings is 1. The van der Waals surface area contributed by atoms with E-state index < -0.39 is 17.7 Å². The van der Waals surface area contributed by atoms with Gasteiger partial charge in [0.15, 0.2) is 5.82 Å². The molecule has 9 heteroatoms. The lowest BCUT2D eigenvalue weighted by molar-refractivity contribution is 0.566. The SMILES string of the molecule is Cc1nc(Nc2cc(C3CC3)n(C)n2)nc(NC(C)c2ccc(F)cc2F)n1. The van der Waals surface area contributed by atoms with Crippen LogP contribution >= 0.6 is 0 Å². The van der Waals surface area contributed by atoms with E-state index in [-0.39, 0.29) is 0 Å². The summed E-state index contributed by atoms with van der Waals surface area (Å²) in [6, 6.07) is 5.04. The molecule has 0 saturated heterocycles. The Balaban J connectivity index is 1.52. The highest BCUT2D eigenvalue weighted by molar-refractivity contribution is 5.50. The molecule has 0 aliphatic heterocycles. The topological polar surface area (TPSA) is 80.5 Å². The van der Waals surface area contributed by atoms with Crippen LogP contribution in [0.15, 0.2) is 24.3 Å². The minimum absolute atomic E-state index is 0.296. The van der Waals surface area contributed by atoms with Gasteiger partial charge in [0, 0.05) is 36.4 Å². The fraction of sp³-hybridized carbons (Fsp3) is 0.368. The molecule has 7 nitrogen and oxygen atoms in total. The summed E-state index contributed by atoms with van der Waals surface area (Å²) in [7, 11) is 1.92. The summed E-state index contributed by atoms with van der Waals surface area (Å²) < 4.78 is 29.0. The summed E-state index contributed by atoms with van der Waals surface area (Å²) >= 11 is 0. The first kappa shape index (κ1) is 18.3. The average molecular weight is 385 g/mol. The number of nitrogens with one attached hydrogen (secondary N) is 2. The van der Waals surface area contributed by atoms with Crippen molar-refractivity contribution in [1.29, 1.82) is 0 Å². The molecule has 1 saturated carbocycles. The van der Waals surface area contributed by atoms with E-state index in [2.05, 4.69) is 30.7 Å². The first-order valence-corrected chi connectivity index (χ1v) is 9.14. The second-order valence-electron chi connectivity index (χ2n) is 7.04. The fourth-order valence-electron chi connectivity index (χ4n) is 3.14. The molecule has 2 N–H and O–H groups in total. The summed E-state index contributed by atoms with van der Waals surface area (Å²) in [6.07, 6.45) is 2.38. The number of aromatic nitrogens is 5. The average Bonchev–Trinajstić information content (AvgIpc) is 3.37. The zero-order chi connectivity index (χ0) is 19.8. The van der Waals surface area contributed by atoms with Gasteiger partial charge in [-0.3, -0.25) is 4.68 Å². The molecule has 2 aromatic heterocycles. The molecule has 1 unspecified atom stereocenters. The van der Waals surface area contributed by atoms with Crippen LogP contribution in [0.5, 0.6) is 0 Å². The molecule has 0 spiro atoms. The number of nitrogens with zero attached hydrogens (tertiary/aromatic N) is 5. The normalized spacial score (nSPS) is 14.8. The lowest BCUT2D eigenvalue weighted by Crippen LogP contribution is -2.13. The molecule has 1 atom stereocenters. The summed E-state index contributed by atoms with van der Waals surface area (Å²) in [5.41, 5.74) is 1.51. The third kappa shape index (κ3) is 3.92. The number of hydrogen-bond acceptors (Lipinski definition) is 6. The first-order chi connectivity index (χ1) is 13.4. The van der Waals surface area contributed by atoms with Crippen LogP contribution in [0.2, 0.25) is 0 Å². The molecule has 3 aromatic rings. The highest BCUT2D eigenvalue weighted by Gasteiger charge is 2.27. The fourth-order valence-corrected chi connectivity index (χ4v) is 3.14. The molecule has 0 amide bonds. The third-order valence-corrected chi connectivity index (χ3v) is 4.67. The van der Waals surface area contributed by atoms with Gasteiger partial charge in [-0.1, -0.05) is 6.07 Å². The molecule has 1 aliphatic carbocycles. The van der Waals surface area contributed by atoms with Crippen LogP contribution in [0.25, 0.3) is 0 Å². The second kappa shape index (κ2) is 7.14. The Bertz CT molecular complexity index is 1010. The van der Waals surface area contributed by atoms with Crippen LogP contribution in [0.3, 0.4) is 0 Å². The van der Waals surface area contributed by atoms with Gasteiger partial charge in [0.1, 0.15) is 17.5 Å². The number of hydrogen-bond donors (Lipinski definition) is 2. The molecule has 0 bridgehead atoms. The van der Waals surface area contributed by atoms with Gasteiger partial charge in [-0.05, 0) is 32.8 Å². The minimum atomic E-state index is -0.620. The summed E-state index contributed by atoms with van der Waals surface area (Å²) in [5, 5.41) is 10.6. The van der Waals surface area contributed by atoms with Gasteiger partial charge >= 0.3 is 0 Å². The summed E-state index contributed by atoms with van der Waals surface area (Å²) in [6.45, 7) is 3.50. The smallest absolute Gasteiger partial charge is 0.233 e. The van der Waals surface area contributed by atoms with Crippen LogP contribution in [0.1, 0.15) is 48.8 Å². The Morgan fingerprint density at radius 3 is 2.57 bits per heavy atom. The minimum Gasteiger partial charge on any atom is -0.347 e. The number of aryl methyl sites for hydroxylation is 2. The van der Waals surface area contributed by atoms with Crippen LogP contribution < -0.4 is 10.6 Å². The Hall–Kier alpha value is -3.10. The van der Waals surface area contributed by atoms with Gasteiger partial charge in [-0.25, -0.2) is 8.78 Å². The van der Waals surface area contributed by atoms with E-state index in [9.17, 15) is 8.78 Å². The standard InChI is InChI=1S/C19H21F2N7/c1-10(14-7-6-13(20)8-15(14)21)22-18-23-11(2)24-19(26-18)25-17-9-16(12-4-5-12)28(3)27-17/h6-10,12H,4-5H2,1-3H3,(H2,22,23,24,25,26,27). The van der Waals surface area contributed by atoms with Gasteiger partial charge in [-0.2, -0.15) is 20.1 Å². The van der Waals surface area contributed by atoms with Crippen molar-refractivity contribution in [2.45, 2.75) is 38.6 Å². The van der Waals surface area contributed by atoms with E-state index >= 15 is 0 Å². The van der Waals surface area contributed by atoms with E-state index in [4.69, 9.17) is 0 Å². The van der Waals surface area contributed by atoms with Crippen molar-refractivity contribution in [2.75, 3.05) is 10.6 Å². The number of anilines is 3. The Kier molecular flexibility index (Phi) is 4.66. The molecule has 28 heavy (non-hydrogen) atoms. The highest BCUT2D eigenvalue weighted by atomic mass is 19.1. The molecule has 1 aromatic carbocycles. The van der Waals surface area contributed by atoms with Crippen LogP contribution in [-0.2, 0) is 7.05 Å². The van der Waals surface area contributed by atoms with Gasteiger partial charge in [0.2, 0.25) is 11.9 Å². The summed E-state index contributed by atoms with van der Waals surface area (Å²) in [4.78, 5) is 12.9. The third-order valence-electron chi connectivity index (χ3n) is 4.67. The number of rotatable bonds is 6. The van der Waals surface area contributed by atoms with Crippen molar-refractivity contribution in [1.82, 2.24) is 24.7 Å². The predicted molar refractivity (Wildman–Crippen MR) is 101 cm³/mol. The van der Waals surface area contributed by atoms with E-state index in [1.165, 1.54) is 30.7 Å². The van der Waals surface area contributed by atoms with Crippen LogP contribution in [0, 0.1) is 18.6 Å². The molecular formula is C19H21F2N7. The first-order valence-electron chi connectivity index (χ1n) is 9.14. The molecule has 146 valence electrons.